The second-order valence-electron chi connectivity index (χ2n) is 10.7. The molecule has 198 valence electrons. The fraction of sp³-hybridized carbons (Fsp3) is 0.323. The predicted octanol–water partition coefficient (Wildman–Crippen LogP) is 5.47. The molecular weight excluding hydrogens is 478 g/mol. The molecule has 7 nitrogen and oxygen atoms in total. The number of aliphatic hydroxyl groups is 1. The SMILES string of the molecule is CCOc1ccc(/C(O)=C2/C(=O)C(=O)N(Cc3ccncc3)C2c2ccc(N(C)C)cc2)cc1C(C)(C)C. The number of hydrogen-bond acceptors (Lipinski definition) is 6. The normalized spacial score (nSPS) is 17.1. The van der Waals surface area contributed by atoms with Gasteiger partial charge in [-0.1, -0.05) is 32.9 Å². The van der Waals surface area contributed by atoms with Crippen LogP contribution in [0.25, 0.3) is 5.76 Å². The topological polar surface area (TPSA) is 83.0 Å². The molecule has 1 amide bonds. The number of aromatic nitrogens is 1. The lowest BCUT2D eigenvalue weighted by atomic mass is 9.84. The van der Waals surface area contributed by atoms with E-state index in [9.17, 15) is 14.7 Å². The number of benzene rings is 2. The summed E-state index contributed by atoms with van der Waals surface area (Å²) in [5.74, 6) is -0.821. The van der Waals surface area contributed by atoms with Crippen LogP contribution in [0.2, 0.25) is 0 Å². The number of carbonyl (C=O) groups is 2. The van der Waals surface area contributed by atoms with E-state index in [-0.39, 0.29) is 23.3 Å². The van der Waals surface area contributed by atoms with Gasteiger partial charge < -0.3 is 19.6 Å². The van der Waals surface area contributed by atoms with Crippen molar-refractivity contribution in [2.75, 3.05) is 25.6 Å². The quantitative estimate of drug-likeness (QED) is 0.256. The number of aliphatic hydroxyl groups excluding tert-OH is 1. The monoisotopic (exact) mass is 513 g/mol. The first-order valence-electron chi connectivity index (χ1n) is 12.7. The van der Waals surface area contributed by atoms with Gasteiger partial charge in [-0.15, -0.1) is 0 Å². The zero-order chi connectivity index (χ0) is 27.6. The third kappa shape index (κ3) is 5.28. The molecule has 1 aromatic heterocycles. The molecule has 1 N–H and O–H groups in total. The molecule has 1 aliphatic heterocycles. The van der Waals surface area contributed by atoms with Crippen LogP contribution in [0.3, 0.4) is 0 Å². The molecule has 4 rings (SSSR count). The molecule has 0 saturated carbocycles. The number of ether oxygens (including phenoxy) is 1. The summed E-state index contributed by atoms with van der Waals surface area (Å²) in [4.78, 5) is 34.4. The molecule has 2 aromatic carbocycles. The van der Waals surface area contributed by atoms with Gasteiger partial charge in [0.25, 0.3) is 11.7 Å². The van der Waals surface area contributed by atoms with Gasteiger partial charge >= 0.3 is 0 Å². The third-order valence-electron chi connectivity index (χ3n) is 6.73. The van der Waals surface area contributed by atoms with Crippen LogP contribution in [0.4, 0.5) is 5.69 Å². The van der Waals surface area contributed by atoms with E-state index in [0.29, 0.717) is 12.2 Å². The van der Waals surface area contributed by atoms with Crippen LogP contribution in [0, 0.1) is 0 Å². The lowest BCUT2D eigenvalue weighted by Crippen LogP contribution is -2.29. The molecule has 1 fully saturated rings. The number of carbonyl (C=O) groups excluding carboxylic acids is 2. The summed E-state index contributed by atoms with van der Waals surface area (Å²) in [5, 5.41) is 11.6. The summed E-state index contributed by atoms with van der Waals surface area (Å²) in [6, 6.07) is 16.0. The highest BCUT2D eigenvalue weighted by Crippen LogP contribution is 2.42. The van der Waals surface area contributed by atoms with Gasteiger partial charge in [0.05, 0.1) is 18.2 Å². The average Bonchev–Trinajstić information content (AvgIpc) is 3.13. The number of Topliss-reactive ketones (excluding diaryl/α,β-unsaturated/α-hetero) is 1. The van der Waals surface area contributed by atoms with Gasteiger partial charge in [-0.05, 0) is 65.9 Å². The molecule has 2 heterocycles. The Bertz CT molecular complexity index is 1360. The maximum Gasteiger partial charge on any atom is 0.295 e. The van der Waals surface area contributed by atoms with Crippen LogP contribution in [-0.2, 0) is 21.5 Å². The minimum absolute atomic E-state index is 0.0747. The fourth-order valence-corrected chi connectivity index (χ4v) is 4.73. The molecule has 1 atom stereocenters. The molecule has 0 spiro atoms. The minimum Gasteiger partial charge on any atom is -0.507 e. The van der Waals surface area contributed by atoms with Crippen molar-refractivity contribution in [2.45, 2.75) is 45.7 Å². The maximum absolute atomic E-state index is 13.5. The standard InChI is InChI=1S/C31H35N3O4/c1-7-38-25-13-10-22(18-24(25)31(2,3)4)28(35)26-27(21-8-11-23(12-9-21)33(5)6)34(30(37)29(26)36)19-20-14-16-32-17-15-20/h8-18,27,35H,7,19H2,1-6H3/b28-26-. The van der Waals surface area contributed by atoms with Crippen LogP contribution in [0.1, 0.15) is 56.0 Å². The van der Waals surface area contributed by atoms with Crippen molar-refractivity contribution in [3.63, 3.8) is 0 Å². The Morgan fingerprint density at radius 2 is 1.68 bits per heavy atom. The molecule has 0 radical (unpaired) electrons. The van der Waals surface area contributed by atoms with Crippen molar-refractivity contribution in [1.82, 2.24) is 9.88 Å². The zero-order valence-electron chi connectivity index (χ0n) is 22.9. The number of hydrogen-bond donors (Lipinski definition) is 1. The summed E-state index contributed by atoms with van der Waals surface area (Å²) < 4.78 is 5.83. The Balaban J connectivity index is 1.88. The van der Waals surface area contributed by atoms with Gasteiger partial charge in [0, 0.05) is 49.8 Å². The van der Waals surface area contributed by atoms with Gasteiger partial charge in [0.2, 0.25) is 0 Å². The second kappa shape index (κ2) is 10.7. The zero-order valence-corrected chi connectivity index (χ0v) is 22.9. The molecule has 7 heteroatoms. The number of anilines is 1. The molecule has 1 saturated heterocycles. The molecular formula is C31H35N3O4. The first kappa shape index (κ1) is 26.9. The van der Waals surface area contributed by atoms with Crippen LogP contribution in [0.15, 0.2) is 72.6 Å². The minimum atomic E-state index is -0.746. The summed E-state index contributed by atoms with van der Waals surface area (Å²) in [6.45, 7) is 8.84. The van der Waals surface area contributed by atoms with E-state index < -0.39 is 17.7 Å². The van der Waals surface area contributed by atoms with Gasteiger partial charge in [-0.3, -0.25) is 14.6 Å². The fourth-order valence-electron chi connectivity index (χ4n) is 4.73. The van der Waals surface area contributed by atoms with Crippen LogP contribution < -0.4 is 9.64 Å². The average molecular weight is 514 g/mol. The van der Waals surface area contributed by atoms with E-state index in [4.69, 9.17) is 4.74 Å². The number of amides is 1. The third-order valence-corrected chi connectivity index (χ3v) is 6.73. The Morgan fingerprint density at radius 1 is 1.03 bits per heavy atom. The molecule has 0 bridgehead atoms. The van der Waals surface area contributed by atoms with E-state index in [1.54, 1.807) is 18.5 Å². The lowest BCUT2D eigenvalue weighted by molar-refractivity contribution is -0.140. The maximum atomic E-state index is 13.5. The lowest BCUT2D eigenvalue weighted by Gasteiger charge is -2.26. The summed E-state index contributed by atoms with van der Waals surface area (Å²) in [6.07, 6.45) is 3.31. The highest BCUT2D eigenvalue weighted by atomic mass is 16.5. The number of likely N-dealkylation sites (tertiary alicyclic amines) is 1. The largest absolute Gasteiger partial charge is 0.507 e. The van der Waals surface area contributed by atoms with Crippen molar-refractivity contribution in [3.8, 4) is 5.75 Å². The molecule has 1 aliphatic rings. The molecule has 0 aliphatic carbocycles. The summed E-state index contributed by atoms with van der Waals surface area (Å²) in [7, 11) is 3.90. The first-order valence-corrected chi connectivity index (χ1v) is 12.7. The van der Waals surface area contributed by atoms with Gasteiger partial charge in [0.1, 0.15) is 11.5 Å². The van der Waals surface area contributed by atoms with Crippen LogP contribution in [0.5, 0.6) is 5.75 Å². The smallest absolute Gasteiger partial charge is 0.295 e. The van der Waals surface area contributed by atoms with Crippen molar-refractivity contribution in [2.24, 2.45) is 0 Å². The van der Waals surface area contributed by atoms with E-state index in [0.717, 1.165) is 28.1 Å². The molecule has 1 unspecified atom stereocenters. The predicted molar refractivity (Wildman–Crippen MR) is 149 cm³/mol. The Kier molecular flexibility index (Phi) is 7.58. The van der Waals surface area contributed by atoms with Gasteiger partial charge in [-0.2, -0.15) is 0 Å². The highest BCUT2D eigenvalue weighted by Gasteiger charge is 2.46. The Labute approximate surface area is 224 Å². The first-order chi connectivity index (χ1) is 18.0. The van der Waals surface area contributed by atoms with Crippen LogP contribution >= 0.6 is 0 Å². The van der Waals surface area contributed by atoms with Gasteiger partial charge in [0.15, 0.2) is 0 Å². The van der Waals surface area contributed by atoms with Gasteiger partial charge in [-0.25, -0.2) is 0 Å². The van der Waals surface area contributed by atoms with Crippen molar-refractivity contribution in [3.05, 3.63) is 94.8 Å². The second-order valence-corrected chi connectivity index (χ2v) is 10.7. The van der Waals surface area contributed by atoms with E-state index >= 15 is 0 Å². The summed E-state index contributed by atoms with van der Waals surface area (Å²) >= 11 is 0. The number of ketones is 1. The Hall–Kier alpha value is -4.13. The van der Waals surface area contributed by atoms with E-state index in [1.807, 2.05) is 74.4 Å². The number of pyridine rings is 1. The number of rotatable bonds is 7. The van der Waals surface area contributed by atoms with Crippen molar-refractivity contribution in [1.29, 1.82) is 0 Å². The van der Waals surface area contributed by atoms with Crippen molar-refractivity contribution >= 4 is 23.1 Å². The van der Waals surface area contributed by atoms with E-state index in [1.165, 1.54) is 4.90 Å². The van der Waals surface area contributed by atoms with E-state index in [2.05, 4.69) is 25.8 Å². The Morgan fingerprint density at radius 3 is 2.26 bits per heavy atom. The molecule has 3 aromatic rings. The van der Waals surface area contributed by atoms with Crippen molar-refractivity contribution < 1.29 is 19.4 Å². The number of nitrogens with zero attached hydrogens (tertiary/aromatic N) is 3. The highest BCUT2D eigenvalue weighted by molar-refractivity contribution is 6.46. The summed E-state index contributed by atoms with van der Waals surface area (Å²) in [5.41, 5.74) is 3.75. The molecule has 38 heavy (non-hydrogen) atoms. The van der Waals surface area contributed by atoms with Crippen LogP contribution in [-0.4, -0.2) is 47.4 Å².